The zero-order valence-electron chi connectivity index (χ0n) is 24.4. The molecule has 3 aromatic heterocycles. The molecule has 1 unspecified atom stereocenters. The van der Waals surface area contributed by atoms with Gasteiger partial charge in [-0.3, -0.25) is 19.9 Å². The normalized spacial score (nSPS) is 17.7. The van der Waals surface area contributed by atoms with Crippen molar-refractivity contribution in [2.45, 2.75) is 25.6 Å². The molecule has 5 heterocycles. The Balaban J connectivity index is 1.41. The Morgan fingerprint density at radius 1 is 0.581 bits per heavy atom. The highest BCUT2D eigenvalue weighted by Gasteiger charge is 2.44. The summed E-state index contributed by atoms with van der Waals surface area (Å²) in [5.41, 5.74) is 10.2. The molecule has 2 aliphatic heterocycles. The minimum absolute atomic E-state index is 0.0428. The SMILES string of the molecule is C[Si]1(C)C(C2=CCC(c3ccccn3)N=C2)=C(c2ccccc2)C(c2ccccc2)=C1c1ccc(-c2ccccn2)nc1. The number of hydrogen-bond acceptors (Lipinski definition) is 4. The molecule has 0 saturated carbocycles. The van der Waals surface area contributed by atoms with Crippen molar-refractivity contribution >= 4 is 30.6 Å². The van der Waals surface area contributed by atoms with Gasteiger partial charge in [-0.2, -0.15) is 0 Å². The molecule has 0 bridgehead atoms. The first kappa shape index (κ1) is 26.9. The molecule has 0 saturated heterocycles. The van der Waals surface area contributed by atoms with Gasteiger partial charge in [-0.05, 0) is 80.6 Å². The molecule has 5 aromatic rings. The lowest BCUT2D eigenvalue weighted by Gasteiger charge is -2.28. The van der Waals surface area contributed by atoms with Crippen LogP contribution < -0.4 is 0 Å². The van der Waals surface area contributed by atoms with Gasteiger partial charge in [0.2, 0.25) is 0 Å². The number of allylic oxidation sites excluding steroid dienone is 4. The van der Waals surface area contributed by atoms with Crippen LogP contribution in [0.4, 0.5) is 0 Å². The summed E-state index contributed by atoms with van der Waals surface area (Å²) in [7, 11) is -2.29. The van der Waals surface area contributed by atoms with E-state index in [-0.39, 0.29) is 6.04 Å². The predicted molar refractivity (Wildman–Crippen MR) is 180 cm³/mol. The lowest BCUT2D eigenvalue weighted by atomic mass is 9.89. The van der Waals surface area contributed by atoms with Gasteiger partial charge < -0.3 is 0 Å². The van der Waals surface area contributed by atoms with Gasteiger partial charge in [0.15, 0.2) is 0 Å². The number of aromatic nitrogens is 3. The Hall–Kier alpha value is -5.00. The third-order valence-electron chi connectivity index (χ3n) is 8.38. The lowest BCUT2D eigenvalue weighted by Crippen LogP contribution is -2.31. The van der Waals surface area contributed by atoms with Gasteiger partial charge in [-0.15, -0.1) is 0 Å². The highest BCUT2D eigenvalue weighted by Crippen LogP contribution is 2.54. The van der Waals surface area contributed by atoms with Crippen LogP contribution in [-0.4, -0.2) is 29.2 Å². The van der Waals surface area contributed by atoms with Gasteiger partial charge in [0.25, 0.3) is 0 Å². The maximum Gasteiger partial charge on any atom is 0.115 e. The summed E-state index contributed by atoms with van der Waals surface area (Å²) in [6, 6.07) is 38.1. The van der Waals surface area contributed by atoms with Crippen molar-refractivity contribution in [3.8, 4) is 11.4 Å². The van der Waals surface area contributed by atoms with Crippen LogP contribution in [0.3, 0.4) is 0 Å². The van der Waals surface area contributed by atoms with Gasteiger partial charge in [-0.25, -0.2) is 0 Å². The fourth-order valence-electron chi connectivity index (χ4n) is 6.46. The average molecular weight is 573 g/mol. The molecule has 7 rings (SSSR count). The Bertz CT molecular complexity index is 1870. The van der Waals surface area contributed by atoms with Crippen LogP contribution >= 0.6 is 0 Å². The molecule has 1 atom stereocenters. The van der Waals surface area contributed by atoms with Crippen LogP contribution in [0.2, 0.25) is 13.1 Å². The first-order valence-electron chi connectivity index (χ1n) is 14.7. The number of aliphatic imine (C=N–C) groups is 1. The highest BCUT2D eigenvalue weighted by molar-refractivity contribution is 7.05. The van der Waals surface area contributed by atoms with E-state index >= 15 is 0 Å². The first-order valence-corrected chi connectivity index (χ1v) is 17.7. The van der Waals surface area contributed by atoms with E-state index in [1.165, 1.54) is 43.8 Å². The number of hydrogen-bond donors (Lipinski definition) is 0. The van der Waals surface area contributed by atoms with Gasteiger partial charge in [0, 0.05) is 24.8 Å². The molecule has 0 amide bonds. The van der Waals surface area contributed by atoms with Crippen LogP contribution in [0, 0.1) is 0 Å². The van der Waals surface area contributed by atoms with Gasteiger partial charge in [0.05, 0.1) is 23.1 Å². The second-order valence-corrected chi connectivity index (χ2v) is 15.7. The molecule has 0 spiro atoms. The fraction of sp³-hybridized carbons (Fsp3) is 0.105. The molecule has 0 N–H and O–H groups in total. The molecule has 0 fully saturated rings. The average Bonchev–Trinajstić information content (AvgIpc) is 3.33. The summed E-state index contributed by atoms with van der Waals surface area (Å²) in [5.74, 6) is 0. The number of nitrogens with zero attached hydrogens (tertiary/aromatic N) is 4. The van der Waals surface area contributed by atoms with E-state index in [0.29, 0.717) is 0 Å². The van der Waals surface area contributed by atoms with E-state index in [0.717, 1.165) is 23.5 Å². The van der Waals surface area contributed by atoms with Gasteiger partial charge >= 0.3 is 0 Å². The second-order valence-electron chi connectivity index (χ2n) is 11.4. The van der Waals surface area contributed by atoms with Crippen molar-refractivity contribution in [3.05, 3.63) is 167 Å². The summed E-state index contributed by atoms with van der Waals surface area (Å²) in [5, 5.41) is 2.82. The molecule has 0 aliphatic carbocycles. The highest BCUT2D eigenvalue weighted by atomic mass is 28.3. The molecule has 2 aliphatic rings. The monoisotopic (exact) mass is 572 g/mol. The summed E-state index contributed by atoms with van der Waals surface area (Å²) >= 11 is 0. The summed E-state index contributed by atoms with van der Waals surface area (Å²) in [6.45, 7) is 4.95. The third-order valence-corrected chi connectivity index (χ3v) is 12.0. The van der Waals surface area contributed by atoms with E-state index < -0.39 is 8.07 Å². The van der Waals surface area contributed by atoms with Crippen molar-refractivity contribution in [2.75, 3.05) is 0 Å². The quantitative estimate of drug-likeness (QED) is 0.191. The van der Waals surface area contributed by atoms with Crippen LogP contribution in [-0.2, 0) is 0 Å². The molecule has 208 valence electrons. The topological polar surface area (TPSA) is 51.0 Å². The van der Waals surface area contributed by atoms with E-state index in [4.69, 9.17) is 9.98 Å². The van der Waals surface area contributed by atoms with Crippen LogP contribution in [0.25, 0.3) is 27.7 Å². The molecular weight excluding hydrogens is 541 g/mol. The molecular formula is C38H32N4Si. The van der Waals surface area contributed by atoms with Crippen LogP contribution in [0.15, 0.2) is 150 Å². The molecule has 2 aromatic carbocycles. The fourth-order valence-corrected chi connectivity index (χ4v) is 10.3. The molecule has 4 nitrogen and oxygen atoms in total. The zero-order chi connectivity index (χ0) is 29.2. The van der Waals surface area contributed by atoms with E-state index in [1.54, 1.807) is 0 Å². The number of benzene rings is 2. The maximum absolute atomic E-state index is 5.05. The van der Waals surface area contributed by atoms with E-state index in [1.807, 2.05) is 48.9 Å². The van der Waals surface area contributed by atoms with Crippen molar-refractivity contribution < 1.29 is 0 Å². The number of pyridine rings is 3. The van der Waals surface area contributed by atoms with Crippen molar-refractivity contribution in [1.82, 2.24) is 15.0 Å². The van der Waals surface area contributed by atoms with Gasteiger partial charge in [0.1, 0.15) is 8.07 Å². The Morgan fingerprint density at radius 3 is 1.77 bits per heavy atom. The number of dihydropyridines is 1. The Kier molecular flexibility index (Phi) is 7.09. The standard InChI is InChI=1S/C38H32N4Si/c1-43(2)37(29-19-21-33(41-25-29)31-17-9-11-23-39-31)35(27-13-5-3-6-14-27)36(28-15-7-4-8-16-28)38(43)30-20-22-34(42-26-30)32-18-10-12-24-40-32/h3-21,23-26,34H,22H2,1-2H3. The minimum atomic E-state index is -2.29. The smallest absolute Gasteiger partial charge is 0.115 e. The Labute approximate surface area is 254 Å². The molecule has 5 heteroatoms. The van der Waals surface area contributed by atoms with Crippen molar-refractivity contribution in [3.63, 3.8) is 0 Å². The molecule has 0 radical (unpaired) electrons. The van der Waals surface area contributed by atoms with Crippen molar-refractivity contribution in [1.29, 1.82) is 0 Å². The van der Waals surface area contributed by atoms with Crippen LogP contribution in [0.5, 0.6) is 0 Å². The van der Waals surface area contributed by atoms with Gasteiger partial charge in [-0.1, -0.05) is 98.0 Å². The second kappa shape index (κ2) is 11.3. The van der Waals surface area contributed by atoms with Crippen molar-refractivity contribution in [2.24, 2.45) is 4.99 Å². The summed E-state index contributed by atoms with van der Waals surface area (Å²) in [6.07, 6.45) is 11.0. The summed E-state index contributed by atoms with van der Waals surface area (Å²) < 4.78 is 0. The largest absolute Gasteiger partial charge is 0.283 e. The minimum Gasteiger partial charge on any atom is -0.283 e. The first-order chi connectivity index (χ1) is 21.1. The lowest BCUT2D eigenvalue weighted by molar-refractivity contribution is 0.710. The third kappa shape index (κ3) is 5.02. The van der Waals surface area contributed by atoms with Crippen LogP contribution in [0.1, 0.15) is 34.8 Å². The predicted octanol–water partition coefficient (Wildman–Crippen LogP) is 8.85. The Morgan fingerprint density at radius 2 is 1.21 bits per heavy atom. The molecule has 43 heavy (non-hydrogen) atoms. The maximum atomic E-state index is 5.05. The zero-order valence-corrected chi connectivity index (χ0v) is 25.4. The van der Waals surface area contributed by atoms with E-state index in [2.05, 4.69) is 114 Å². The van der Waals surface area contributed by atoms with E-state index in [9.17, 15) is 0 Å². The number of rotatable bonds is 6. The summed E-state index contributed by atoms with van der Waals surface area (Å²) in [4.78, 5) is 19.1.